The van der Waals surface area contributed by atoms with E-state index in [-0.39, 0.29) is 28.5 Å². The first-order chi connectivity index (χ1) is 14.4. The van der Waals surface area contributed by atoms with Gasteiger partial charge in [-0.2, -0.15) is 0 Å². The fraction of sp³-hybridized carbons (Fsp3) is 0.318. The lowest BCUT2D eigenvalue weighted by molar-refractivity contribution is 0.0708. The molecule has 0 saturated carbocycles. The number of aryl methyl sites for hydroxylation is 2. The van der Waals surface area contributed by atoms with Gasteiger partial charge in [0.15, 0.2) is 0 Å². The second kappa shape index (κ2) is 8.06. The topological polar surface area (TPSA) is 112 Å². The zero-order valence-corrected chi connectivity index (χ0v) is 16.9. The van der Waals surface area contributed by atoms with Crippen LogP contribution < -0.4 is 11.1 Å². The van der Waals surface area contributed by atoms with Crippen molar-refractivity contribution >= 4 is 5.91 Å². The van der Waals surface area contributed by atoms with Gasteiger partial charge in [0.25, 0.3) is 17.0 Å². The number of nitrogens with one attached hydrogen (secondary N) is 2. The van der Waals surface area contributed by atoms with Crippen molar-refractivity contribution in [1.82, 2.24) is 24.8 Å². The third kappa shape index (κ3) is 3.94. The molecular weight excluding hydrogens is 382 g/mol. The van der Waals surface area contributed by atoms with Gasteiger partial charge in [0.05, 0.1) is 11.4 Å². The lowest BCUT2D eigenvalue weighted by atomic mass is 9.95. The van der Waals surface area contributed by atoms with E-state index in [1.54, 1.807) is 31.0 Å². The molecule has 4 heterocycles. The Hall–Kier alpha value is -3.55. The van der Waals surface area contributed by atoms with Crippen molar-refractivity contribution in [3.63, 3.8) is 0 Å². The second-order valence-corrected chi connectivity index (χ2v) is 7.64. The fourth-order valence-electron chi connectivity index (χ4n) is 3.95. The van der Waals surface area contributed by atoms with Crippen LogP contribution in [0.1, 0.15) is 46.2 Å². The SMILES string of the molecule is Cc1cc(C)c(C(=O)N2CCC(c3nc(-c4ccccn4)cc(=O)[nH]3)CC2)c(=O)[nH]1. The number of piperidine rings is 1. The van der Waals surface area contributed by atoms with Gasteiger partial charge in [0.1, 0.15) is 11.4 Å². The standard InChI is InChI=1S/C22H23N5O3/c1-13-11-14(2)24-21(29)19(13)22(30)27-9-6-15(7-10-27)20-25-17(12-18(28)26-20)16-5-3-4-8-23-16/h3-5,8,11-12,15H,6-7,9-10H2,1-2H3,(H,24,29)(H,25,26,28). The number of H-pyrrole nitrogens is 2. The predicted molar refractivity (Wildman–Crippen MR) is 113 cm³/mol. The molecular formula is C22H23N5O3. The molecule has 154 valence electrons. The monoisotopic (exact) mass is 405 g/mol. The lowest BCUT2D eigenvalue weighted by Crippen LogP contribution is -2.41. The van der Waals surface area contributed by atoms with E-state index in [1.165, 1.54) is 6.07 Å². The zero-order valence-electron chi connectivity index (χ0n) is 16.9. The molecule has 1 aliphatic heterocycles. The molecule has 0 atom stereocenters. The maximum Gasteiger partial charge on any atom is 0.261 e. The van der Waals surface area contributed by atoms with Gasteiger partial charge in [-0.05, 0) is 50.5 Å². The summed E-state index contributed by atoms with van der Waals surface area (Å²) in [5.41, 5.74) is 2.21. The molecule has 8 nitrogen and oxygen atoms in total. The minimum Gasteiger partial charge on any atom is -0.338 e. The van der Waals surface area contributed by atoms with Crippen molar-refractivity contribution in [2.24, 2.45) is 0 Å². The van der Waals surface area contributed by atoms with E-state index >= 15 is 0 Å². The van der Waals surface area contributed by atoms with Crippen LogP contribution in [0.4, 0.5) is 0 Å². The summed E-state index contributed by atoms with van der Waals surface area (Å²) in [4.78, 5) is 53.5. The molecule has 0 unspecified atom stereocenters. The Morgan fingerprint density at radius 3 is 2.50 bits per heavy atom. The van der Waals surface area contributed by atoms with Gasteiger partial charge < -0.3 is 14.9 Å². The molecule has 1 fully saturated rings. The van der Waals surface area contributed by atoms with Crippen molar-refractivity contribution in [3.05, 3.63) is 79.9 Å². The van der Waals surface area contributed by atoms with Gasteiger partial charge in [-0.15, -0.1) is 0 Å². The first kappa shape index (κ1) is 19.8. The molecule has 0 spiro atoms. The number of rotatable bonds is 3. The summed E-state index contributed by atoms with van der Waals surface area (Å²) in [5.74, 6) is 0.387. The number of likely N-dealkylation sites (tertiary alicyclic amines) is 1. The Bertz CT molecular complexity index is 1190. The van der Waals surface area contributed by atoms with Crippen LogP contribution in [0.5, 0.6) is 0 Å². The Balaban J connectivity index is 1.52. The third-order valence-corrected chi connectivity index (χ3v) is 5.44. The molecule has 0 aliphatic carbocycles. The number of hydrogen-bond donors (Lipinski definition) is 2. The molecule has 3 aromatic rings. The maximum atomic E-state index is 12.9. The number of aromatic amines is 2. The van der Waals surface area contributed by atoms with Crippen LogP contribution in [0.2, 0.25) is 0 Å². The maximum absolute atomic E-state index is 12.9. The summed E-state index contributed by atoms with van der Waals surface area (Å²) >= 11 is 0. The normalized spacial score (nSPS) is 14.7. The summed E-state index contributed by atoms with van der Waals surface area (Å²) < 4.78 is 0. The Kier molecular flexibility index (Phi) is 5.31. The summed E-state index contributed by atoms with van der Waals surface area (Å²) in [6, 6.07) is 8.72. The van der Waals surface area contributed by atoms with Crippen molar-refractivity contribution < 1.29 is 4.79 Å². The Morgan fingerprint density at radius 1 is 1.07 bits per heavy atom. The highest BCUT2D eigenvalue weighted by molar-refractivity contribution is 5.95. The number of hydrogen-bond acceptors (Lipinski definition) is 5. The van der Waals surface area contributed by atoms with E-state index in [9.17, 15) is 14.4 Å². The number of amides is 1. The number of aromatic nitrogens is 4. The van der Waals surface area contributed by atoms with E-state index < -0.39 is 0 Å². The molecule has 30 heavy (non-hydrogen) atoms. The molecule has 1 aliphatic rings. The van der Waals surface area contributed by atoms with Crippen molar-refractivity contribution in [2.45, 2.75) is 32.6 Å². The number of nitrogens with zero attached hydrogens (tertiary/aromatic N) is 3. The molecule has 0 aromatic carbocycles. The number of carbonyl (C=O) groups excluding carboxylic acids is 1. The quantitative estimate of drug-likeness (QED) is 0.693. The van der Waals surface area contributed by atoms with E-state index in [4.69, 9.17) is 0 Å². The first-order valence-electron chi connectivity index (χ1n) is 9.95. The summed E-state index contributed by atoms with van der Waals surface area (Å²) in [6.45, 7) is 4.56. The molecule has 0 radical (unpaired) electrons. The second-order valence-electron chi connectivity index (χ2n) is 7.64. The number of carbonyl (C=O) groups is 1. The summed E-state index contributed by atoms with van der Waals surface area (Å²) in [5, 5.41) is 0. The molecule has 3 aromatic heterocycles. The minimum absolute atomic E-state index is 0.0304. The summed E-state index contributed by atoms with van der Waals surface area (Å²) in [7, 11) is 0. The highest BCUT2D eigenvalue weighted by Gasteiger charge is 2.28. The molecule has 1 saturated heterocycles. The first-order valence-corrected chi connectivity index (χ1v) is 9.95. The largest absolute Gasteiger partial charge is 0.338 e. The van der Waals surface area contributed by atoms with Crippen LogP contribution >= 0.6 is 0 Å². The molecule has 0 bridgehead atoms. The van der Waals surface area contributed by atoms with Gasteiger partial charge >= 0.3 is 0 Å². The van der Waals surface area contributed by atoms with Gasteiger partial charge in [-0.25, -0.2) is 4.98 Å². The number of pyridine rings is 2. The molecule has 2 N–H and O–H groups in total. The fourth-order valence-corrected chi connectivity index (χ4v) is 3.95. The molecule has 8 heteroatoms. The van der Waals surface area contributed by atoms with Crippen LogP contribution in [0.25, 0.3) is 11.4 Å². The van der Waals surface area contributed by atoms with Crippen LogP contribution in [0.15, 0.2) is 46.1 Å². The van der Waals surface area contributed by atoms with Crippen molar-refractivity contribution in [1.29, 1.82) is 0 Å². The summed E-state index contributed by atoms with van der Waals surface area (Å²) in [6.07, 6.45) is 2.98. The van der Waals surface area contributed by atoms with E-state index in [0.717, 1.165) is 5.69 Å². The van der Waals surface area contributed by atoms with Crippen LogP contribution in [-0.2, 0) is 0 Å². The van der Waals surface area contributed by atoms with Crippen LogP contribution in [0.3, 0.4) is 0 Å². The van der Waals surface area contributed by atoms with E-state index in [1.807, 2.05) is 18.2 Å². The highest BCUT2D eigenvalue weighted by Crippen LogP contribution is 2.27. The Morgan fingerprint density at radius 2 is 1.83 bits per heavy atom. The van der Waals surface area contributed by atoms with E-state index in [2.05, 4.69) is 19.9 Å². The zero-order chi connectivity index (χ0) is 21.3. The molecule has 4 rings (SSSR count). The van der Waals surface area contributed by atoms with Crippen molar-refractivity contribution in [2.75, 3.05) is 13.1 Å². The molecule has 1 amide bonds. The van der Waals surface area contributed by atoms with Gasteiger partial charge in [0, 0.05) is 37.0 Å². The average Bonchev–Trinajstić information content (AvgIpc) is 2.73. The average molecular weight is 405 g/mol. The van der Waals surface area contributed by atoms with Gasteiger partial charge in [-0.1, -0.05) is 6.07 Å². The van der Waals surface area contributed by atoms with Gasteiger partial charge in [0.2, 0.25) is 0 Å². The Labute approximate surface area is 173 Å². The third-order valence-electron chi connectivity index (χ3n) is 5.44. The van der Waals surface area contributed by atoms with E-state index in [0.29, 0.717) is 48.7 Å². The highest BCUT2D eigenvalue weighted by atomic mass is 16.2. The van der Waals surface area contributed by atoms with Crippen LogP contribution in [-0.4, -0.2) is 43.8 Å². The van der Waals surface area contributed by atoms with Crippen molar-refractivity contribution in [3.8, 4) is 11.4 Å². The smallest absolute Gasteiger partial charge is 0.261 e. The van der Waals surface area contributed by atoms with Gasteiger partial charge in [-0.3, -0.25) is 19.4 Å². The minimum atomic E-state index is -0.353. The lowest BCUT2D eigenvalue weighted by Gasteiger charge is -2.31. The predicted octanol–water partition coefficient (Wildman–Crippen LogP) is 2.16. The van der Waals surface area contributed by atoms with Crippen LogP contribution in [0, 0.1) is 13.8 Å².